The molecule has 110 valence electrons. The summed E-state index contributed by atoms with van der Waals surface area (Å²) < 4.78 is 33.2. The molecule has 0 aliphatic heterocycles. The van der Waals surface area contributed by atoms with Crippen LogP contribution in [-0.4, -0.2) is 33.8 Å². The third-order valence-electron chi connectivity index (χ3n) is 2.25. The van der Waals surface area contributed by atoms with Crippen molar-refractivity contribution in [2.45, 2.75) is 13.3 Å². The number of rotatable bonds is 6. The largest absolute Gasteiger partial charge is 0.495 e. The van der Waals surface area contributed by atoms with E-state index < -0.39 is 10.2 Å². The standard InChI is InChI=1S/C13H18N2O4S/c1-3-14-20(17,18)15-12-10-11(6-4-5-9-16)7-8-13(12)19-2/h7-8,10,14-16H,3,5,9H2,1-2H3. The minimum absolute atomic E-state index is 0.0109. The van der Waals surface area contributed by atoms with E-state index >= 15 is 0 Å². The zero-order chi connectivity index (χ0) is 15.0. The van der Waals surface area contributed by atoms with E-state index in [-0.39, 0.29) is 13.2 Å². The van der Waals surface area contributed by atoms with Crippen molar-refractivity contribution in [2.75, 3.05) is 25.0 Å². The van der Waals surface area contributed by atoms with Crippen LogP contribution in [0.2, 0.25) is 0 Å². The quantitative estimate of drug-likeness (QED) is 0.675. The summed E-state index contributed by atoms with van der Waals surface area (Å²) in [6, 6.07) is 4.93. The summed E-state index contributed by atoms with van der Waals surface area (Å²) in [6.07, 6.45) is 0.366. The first-order chi connectivity index (χ1) is 9.52. The number of ether oxygens (including phenoxy) is 1. The van der Waals surface area contributed by atoms with E-state index in [0.717, 1.165) is 0 Å². The number of methoxy groups -OCH3 is 1. The average Bonchev–Trinajstić information content (AvgIpc) is 2.39. The van der Waals surface area contributed by atoms with Gasteiger partial charge >= 0.3 is 0 Å². The van der Waals surface area contributed by atoms with Gasteiger partial charge in [0.1, 0.15) is 5.75 Å². The van der Waals surface area contributed by atoms with Crippen LogP contribution in [0.5, 0.6) is 5.75 Å². The van der Waals surface area contributed by atoms with E-state index in [9.17, 15) is 8.42 Å². The predicted octanol–water partition coefficient (Wildman–Crippen LogP) is 0.695. The number of aliphatic hydroxyl groups excluding tert-OH is 1. The van der Waals surface area contributed by atoms with Gasteiger partial charge in [0.2, 0.25) is 0 Å². The van der Waals surface area contributed by atoms with Crippen molar-refractivity contribution >= 4 is 15.9 Å². The highest BCUT2D eigenvalue weighted by molar-refractivity contribution is 7.90. The van der Waals surface area contributed by atoms with Crippen LogP contribution >= 0.6 is 0 Å². The van der Waals surface area contributed by atoms with Crippen molar-refractivity contribution in [3.05, 3.63) is 23.8 Å². The van der Waals surface area contributed by atoms with Crippen molar-refractivity contribution in [2.24, 2.45) is 0 Å². The summed E-state index contributed by atoms with van der Waals surface area (Å²) in [5.41, 5.74) is 0.942. The Morgan fingerprint density at radius 2 is 2.15 bits per heavy atom. The fraction of sp³-hybridized carbons (Fsp3) is 0.385. The summed E-state index contributed by atoms with van der Waals surface area (Å²) in [7, 11) is -2.17. The number of aliphatic hydroxyl groups is 1. The van der Waals surface area contributed by atoms with E-state index in [1.807, 2.05) is 0 Å². The SMILES string of the molecule is CCNS(=O)(=O)Nc1cc(C#CCCO)ccc1OC. The topological polar surface area (TPSA) is 87.7 Å². The molecule has 1 aromatic carbocycles. The van der Waals surface area contributed by atoms with Crippen LogP contribution in [-0.2, 0) is 10.2 Å². The van der Waals surface area contributed by atoms with Gasteiger partial charge < -0.3 is 9.84 Å². The molecule has 1 aromatic rings. The van der Waals surface area contributed by atoms with Crippen molar-refractivity contribution < 1.29 is 18.3 Å². The average molecular weight is 298 g/mol. The van der Waals surface area contributed by atoms with Gasteiger partial charge in [0.25, 0.3) is 10.2 Å². The van der Waals surface area contributed by atoms with Gasteiger partial charge in [-0.3, -0.25) is 4.72 Å². The monoisotopic (exact) mass is 298 g/mol. The normalized spacial score (nSPS) is 10.6. The third kappa shape index (κ3) is 5.09. The molecule has 0 saturated carbocycles. The maximum Gasteiger partial charge on any atom is 0.299 e. The van der Waals surface area contributed by atoms with Crippen molar-refractivity contribution in [3.63, 3.8) is 0 Å². The van der Waals surface area contributed by atoms with Gasteiger partial charge in [0.15, 0.2) is 0 Å². The lowest BCUT2D eigenvalue weighted by molar-refractivity contribution is 0.305. The molecule has 0 bridgehead atoms. The second kappa shape index (κ2) is 7.75. The van der Waals surface area contributed by atoms with Crippen LogP contribution in [0.15, 0.2) is 18.2 Å². The minimum Gasteiger partial charge on any atom is -0.495 e. The molecule has 0 aliphatic rings. The first-order valence-corrected chi connectivity index (χ1v) is 7.56. The van der Waals surface area contributed by atoms with Gasteiger partial charge in [0.05, 0.1) is 19.4 Å². The molecular formula is C13H18N2O4S. The zero-order valence-electron chi connectivity index (χ0n) is 11.4. The number of nitrogens with one attached hydrogen (secondary N) is 2. The van der Waals surface area contributed by atoms with E-state index in [4.69, 9.17) is 9.84 Å². The molecule has 0 heterocycles. The number of anilines is 1. The van der Waals surface area contributed by atoms with E-state index in [1.165, 1.54) is 7.11 Å². The summed E-state index contributed by atoms with van der Waals surface area (Å²) in [4.78, 5) is 0. The number of hydrogen-bond donors (Lipinski definition) is 3. The lowest BCUT2D eigenvalue weighted by atomic mass is 10.2. The molecule has 0 aromatic heterocycles. The Bertz CT molecular complexity index is 603. The Morgan fingerprint density at radius 3 is 2.75 bits per heavy atom. The molecule has 20 heavy (non-hydrogen) atoms. The molecule has 0 fully saturated rings. The maximum absolute atomic E-state index is 11.7. The Morgan fingerprint density at radius 1 is 1.40 bits per heavy atom. The fourth-order valence-corrected chi connectivity index (χ4v) is 2.36. The Kier molecular flexibility index (Phi) is 6.31. The molecule has 0 aliphatic carbocycles. The van der Waals surface area contributed by atoms with Gasteiger partial charge in [0, 0.05) is 18.5 Å². The Balaban J connectivity index is 3.04. The maximum atomic E-state index is 11.7. The second-order valence-electron chi connectivity index (χ2n) is 3.79. The van der Waals surface area contributed by atoms with Crippen molar-refractivity contribution in [1.82, 2.24) is 4.72 Å². The molecule has 7 heteroatoms. The van der Waals surface area contributed by atoms with E-state index in [0.29, 0.717) is 23.4 Å². The highest BCUT2D eigenvalue weighted by Gasteiger charge is 2.12. The Hall–Kier alpha value is -1.75. The molecule has 6 nitrogen and oxygen atoms in total. The van der Waals surface area contributed by atoms with Gasteiger partial charge in [-0.15, -0.1) is 0 Å². The summed E-state index contributed by atoms with van der Waals surface area (Å²) in [5, 5.41) is 8.67. The van der Waals surface area contributed by atoms with Gasteiger partial charge in [-0.1, -0.05) is 18.8 Å². The van der Waals surface area contributed by atoms with E-state index in [2.05, 4.69) is 21.3 Å². The molecule has 0 spiro atoms. The smallest absolute Gasteiger partial charge is 0.299 e. The van der Waals surface area contributed by atoms with Crippen LogP contribution in [0.25, 0.3) is 0 Å². The van der Waals surface area contributed by atoms with Crippen LogP contribution in [0.4, 0.5) is 5.69 Å². The molecular weight excluding hydrogens is 280 g/mol. The van der Waals surface area contributed by atoms with Gasteiger partial charge in [-0.25, -0.2) is 0 Å². The predicted molar refractivity (Wildman–Crippen MR) is 77.8 cm³/mol. The first kappa shape index (κ1) is 16.3. The fourth-order valence-electron chi connectivity index (χ4n) is 1.46. The number of hydrogen-bond acceptors (Lipinski definition) is 4. The van der Waals surface area contributed by atoms with Crippen molar-refractivity contribution in [3.8, 4) is 17.6 Å². The van der Waals surface area contributed by atoms with Crippen LogP contribution < -0.4 is 14.2 Å². The van der Waals surface area contributed by atoms with E-state index in [1.54, 1.807) is 25.1 Å². The number of benzene rings is 1. The highest BCUT2D eigenvalue weighted by atomic mass is 32.2. The van der Waals surface area contributed by atoms with Gasteiger partial charge in [-0.05, 0) is 18.2 Å². The third-order valence-corrected chi connectivity index (χ3v) is 3.41. The zero-order valence-corrected chi connectivity index (χ0v) is 12.3. The summed E-state index contributed by atoms with van der Waals surface area (Å²) in [5.74, 6) is 6.01. The summed E-state index contributed by atoms with van der Waals surface area (Å²) in [6.45, 7) is 1.96. The molecule has 1 rings (SSSR count). The second-order valence-corrected chi connectivity index (χ2v) is 5.29. The molecule has 0 unspecified atom stereocenters. The van der Waals surface area contributed by atoms with Crippen LogP contribution in [0.1, 0.15) is 18.9 Å². The highest BCUT2D eigenvalue weighted by Crippen LogP contribution is 2.25. The summed E-state index contributed by atoms with van der Waals surface area (Å²) >= 11 is 0. The molecule has 0 atom stereocenters. The van der Waals surface area contributed by atoms with Gasteiger partial charge in [-0.2, -0.15) is 13.1 Å². The van der Waals surface area contributed by atoms with Crippen LogP contribution in [0, 0.1) is 11.8 Å². The minimum atomic E-state index is -3.63. The molecule has 0 radical (unpaired) electrons. The first-order valence-electron chi connectivity index (χ1n) is 6.07. The van der Waals surface area contributed by atoms with Crippen LogP contribution in [0.3, 0.4) is 0 Å². The molecule has 0 saturated heterocycles. The molecule has 3 N–H and O–H groups in total. The lowest BCUT2D eigenvalue weighted by Gasteiger charge is -2.12. The molecule has 0 amide bonds. The Labute approximate surface area is 119 Å². The van der Waals surface area contributed by atoms with Crippen molar-refractivity contribution in [1.29, 1.82) is 0 Å². The lowest BCUT2D eigenvalue weighted by Crippen LogP contribution is -2.29.